The first-order valence-corrected chi connectivity index (χ1v) is 5.90. The number of hydrogen-bond acceptors (Lipinski definition) is 7. The summed E-state index contributed by atoms with van der Waals surface area (Å²) in [5.41, 5.74) is 3.01. The van der Waals surface area contributed by atoms with Gasteiger partial charge < -0.3 is 25.8 Å². The minimum absolute atomic E-state index is 0.114. The van der Waals surface area contributed by atoms with E-state index in [-0.39, 0.29) is 10.6 Å². The van der Waals surface area contributed by atoms with Crippen molar-refractivity contribution >= 4 is 18.0 Å². The molecule has 0 radical (unpaired) electrons. The van der Waals surface area contributed by atoms with E-state index in [0.29, 0.717) is 0 Å². The molecule has 2 heterocycles. The van der Waals surface area contributed by atoms with Crippen LogP contribution in [0.5, 0.6) is 0 Å². The van der Waals surface area contributed by atoms with Crippen LogP contribution in [-0.4, -0.2) is 49.0 Å². The fourth-order valence-electron chi connectivity index (χ4n) is 1.95. The van der Waals surface area contributed by atoms with Crippen molar-refractivity contribution in [3.63, 3.8) is 0 Å². The summed E-state index contributed by atoms with van der Waals surface area (Å²) >= 11 is 4.92. The van der Waals surface area contributed by atoms with Crippen LogP contribution in [0.25, 0.3) is 0 Å². The van der Waals surface area contributed by atoms with Crippen LogP contribution in [0.2, 0.25) is 0 Å². The second-order valence-corrected chi connectivity index (χ2v) is 4.69. The first-order chi connectivity index (χ1) is 9.28. The Morgan fingerprint density at radius 3 is 2.85 bits per heavy atom. The summed E-state index contributed by atoms with van der Waals surface area (Å²) in [6.45, 7) is -1.19. The lowest BCUT2D eigenvalue weighted by molar-refractivity contribution is -0.207. The molecule has 2 rings (SSSR count). The number of aliphatic hydroxyl groups excluding tert-OH is 2. The fraction of sp³-hybridized carbons (Fsp3) is 0.455. The summed E-state index contributed by atoms with van der Waals surface area (Å²) in [5, 5.41) is 29.0. The van der Waals surface area contributed by atoms with Gasteiger partial charge in [0.15, 0.2) is 12.3 Å². The molecule has 1 fully saturated rings. The summed E-state index contributed by atoms with van der Waals surface area (Å²) in [5.74, 6) is -0.928. The molecule has 5 N–H and O–H groups in total. The smallest absolute Gasteiger partial charge is 0.264 e. The van der Waals surface area contributed by atoms with Crippen molar-refractivity contribution < 1.29 is 24.4 Å². The molecule has 1 aliphatic heterocycles. The Morgan fingerprint density at radius 2 is 2.35 bits per heavy atom. The largest absolute Gasteiger partial charge is 0.390 e. The lowest BCUT2D eigenvalue weighted by atomic mass is 9.94. The van der Waals surface area contributed by atoms with Crippen LogP contribution in [0.3, 0.4) is 0 Å². The van der Waals surface area contributed by atoms with Crippen LogP contribution in [0.4, 0.5) is 10.2 Å². The van der Waals surface area contributed by atoms with Gasteiger partial charge in [0.05, 0.1) is 0 Å². The molecule has 1 aliphatic rings. The summed E-state index contributed by atoms with van der Waals surface area (Å²) < 4.78 is 20.0. The third-order valence-corrected chi connectivity index (χ3v) is 3.36. The maximum absolute atomic E-state index is 14.2. The Balaban J connectivity index is 2.56. The van der Waals surface area contributed by atoms with Crippen LogP contribution >= 0.6 is 12.2 Å². The Labute approximate surface area is 118 Å². The van der Waals surface area contributed by atoms with Crippen molar-refractivity contribution in [1.29, 1.82) is 0 Å². The van der Waals surface area contributed by atoms with Gasteiger partial charge in [-0.15, -0.1) is 6.42 Å². The summed E-state index contributed by atoms with van der Waals surface area (Å²) in [4.78, 5) is 3.75. The highest BCUT2D eigenvalue weighted by atomic mass is 32.1. The molecule has 0 saturated carbocycles. The highest BCUT2D eigenvalue weighted by Crippen LogP contribution is 2.44. The average Bonchev–Trinajstić information content (AvgIpc) is 2.62. The molecule has 0 bridgehead atoms. The number of nitrogens with two attached hydrogens (primary N) is 1. The van der Waals surface area contributed by atoms with E-state index in [9.17, 15) is 14.6 Å². The van der Waals surface area contributed by atoms with Gasteiger partial charge >= 0.3 is 0 Å². The molecule has 1 unspecified atom stereocenters. The number of halogens is 1. The first kappa shape index (κ1) is 14.8. The van der Waals surface area contributed by atoms with Crippen molar-refractivity contribution in [1.82, 2.24) is 9.55 Å². The van der Waals surface area contributed by atoms with Crippen molar-refractivity contribution in [2.45, 2.75) is 23.8 Å². The maximum Gasteiger partial charge on any atom is 0.264 e. The van der Waals surface area contributed by atoms with E-state index in [1.807, 2.05) is 5.92 Å². The number of anilines is 1. The van der Waals surface area contributed by atoms with E-state index < -0.39 is 30.4 Å². The molecule has 7 nitrogen and oxygen atoms in total. The highest BCUT2D eigenvalue weighted by molar-refractivity contribution is 7.71. The Morgan fingerprint density at radius 1 is 1.70 bits per heavy atom. The second-order valence-electron chi connectivity index (χ2n) is 4.33. The third kappa shape index (κ3) is 1.98. The standard InChI is InChI=1S/C11H12FN3O4S/c1-2-10(18)7(17)11(12,5-16)19-8(10)15-4-3-6(13)14-9(15)20/h1,3-4,7-8,16-18H,5H2,(H2,13,14,20)/t7-,8-,10?,11-/m1/s1. The zero-order valence-electron chi connectivity index (χ0n) is 10.1. The molecular formula is C11H12FN3O4S. The predicted molar refractivity (Wildman–Crippen MR) is 68.3 cm³/mol. The van der Waals surface area contributed by atoms with Gasteiger partial charge in [-0.1, -0.05) is 5.92 Å². The topological polar surface area (TPSA) is 114 Å². The Hall–Kier alpha value is -1.57. The Kier molecular flexibility index (Phi) is 3.53. The number of ether oxygens (including phenoxy) is 1. The Bertz CT molecular complexity index is 633. The van der Waals surface area contributed by atoms with E-state index in [1.54, 1.807) is 0 Å². The number of rotatable bonds is 2. The lowest BCUT2D eigenvalue weighted by Gasteiger charge is -2.26. The van der Waals surface area contributed by atoms with Crippen LogP contribution in [0, 0.1) is 17.1 Å². The zero-order chi connectivity index (χ0) is 15.1. The molecule has 20 heavy (non-hydrogen) atoms. The minimum atomic E-state index is -2.91. The van der Waals surface area contributed by atoms with Crippen LogP contribution in [0.15, 0.2) is 12.3 Å². The summed E-state index contributed by atoms with van der Waals surface area (Å²) in [7, 11) is 0. The molecule has 1 saturated heterocycles. The number of nitrogens with zero attached hydrogens (tertiary/aromatic N) is 2. The van der Waals surface area contributed by atoms with Gasteiger partial charge in [0.25, 0.3) is 5.85 Å². The first-order valence-electron chi connectivity index (χ1n) is 5.49. The van der Waals surface area contributed by atoms with Gasteiger partial charge in [-0.3, -0.25) is 4.57 Å². The van der Waals surface area contributed by atoms with Crippen molar-refractivity contribution in [3.8, 4) is 12.3 Å². The molecule has 9 heteroatoms. The molecule has 1 aromatic heterocycles. The predicted octanol–water partition coefficient (Wildman–Crippen LogP) is -0.893. The van der Waals surface area contributed by atoms with E-state index in [0.717, 1.165) is 4.57 Å². The highest BCUT2D eigenvalue weighted by Gasteiger charge is 2.64. The van der Waals surface area contributed by atoms with E-state index in [2.05, 4.69) is 4.98 Å². The number of aromatic nitrogens is 2. The van der Waals surface area contributed by atoms with E-state index in [1.165, 1.54) is 12.3 Å². The van der Waals surface area contributed by atoms with Gasteiger partial charge in [0.1, 0.15) is 12.4 Å². The molecular weight excluding hydrogens is 289 g/mol. The van der Waals surface area contributed by atoms with Crippen LogP contribution in [0.1, 0.15) is 6.23 Å². The number of aliphatic hydroxyl groups is 3. The molecule has 4 atom stereocenters. The number of alkyl halides is 1. The van der Waals surface area contributed by atoms with E-state index in [4.69, 9.17) is 34.2 Å². The SMILES string of the molecule is C#CC1(O)[C@@H](O)[C@@](F)(CO)O[C@H]1n1ccc(N)nc1=S. The van der Waals surface area contributed by atoms with Gasteiger partial charge in [0.2, 0.25) is 10.4 Å². The van der Waals surface area contributed by atoms with Gasteiger partial charge in [-0.05, 0) is 18.3 Å². The van der Waals surface area contributed by atoms with Crippen molar-refractivity contribution in [3.05, 3.63) is 17.0 Å². The average molecular weight is 301 g/mol. The second kappa shape index (κ2) is 4.76. The van der Waals surface area contributed by atoms with Crippen molar-refractivity contribution in [2.75, 3.05) is 12.3 Å². The summed E-state index contributed by atoms with van der Waals surface area (Å²) in [6, 6.07) is 1.33. The maximum atomic E-state index is 14.2. The summed E-state index contributed by atoms with van der Waals surface area (Å²) in [6.07, 6.45) is 2.73. The quantitative estimate of drug-likeness (QED) is 0.414. The minimum Gasteiger partial charge on any atom is -0.390 e. The van der Waals surface area contributed by atoms with Crippen LogP contribution < -0.4 is 5.73 Å². The van der Waals surface area contributed by atoms with E-state index >= 15 is 0 Å². The molecule has 108 valence electrons. The van der Waals surface area contributed by atoms with Crippen LogP contribution in [-0.2, 0) is 4.74 Å². The number of terminal acetylenes is 1. The monoisotopic (exact) mass is 301 g/mol. The molecule has 0 aliphatic carbocycles. The van der Waals surface area contributed by atoms with Crippen molar-refractivity contribution in [2.24, 2.45) is 0 Å². The number of nitrogen functional groups attached to an aromatic ring is 1. The fourth-order valence-corrected chi connectivity index (χ4v) is 2.21. The van der Waals surface area contributed by atoms with Gasteiger partial charge in [0, 0.05) is 6.20 Å². The number of hydrogen-bond donors (Lipinski definition) is 4. The lowest BCUT2D eigenvalue weighted by Crippen LogP contribution is -2.50. The molecule has 0 spiro atoms. The third-order valence-electron chi connectivity index (χ3n) is 3.06. The normalized spacial score (nSPS) is 36.8. The molecule has 0 aromatic carbocycles. The molecule has 1 aromatic rings. The van der Waals surface area contributed by atoms with Gasteiger partial charge in [-0.2, -0.15) is 0 Å². The van der Waals surface area contributed by atoms with Gasteiger partial charge in [-0.25, -0.2) is 9.37 Å². The zero-order valence-corrected chi connectivity index (χ0v) is 10.9. The molecule has 0 amide bonds.